The van der Waals surface area contributed by atoms with Crippen molar-refractivity contribution in [3.05, 3.63) is 59.3 Å². The van der Waals surface area contributed by atoms with Gasteiger partial charge in [0.05, 0.1) is 19.1 Å². The fourth-order valence-corrected chi connectivity index (χ4v) is 3.92. The van der Waals surface area contributed by atoms with Gasteiger partial charge in [-0.3, -0.25) is 9.69 Å². The minimum Gasteiger partial charge on any atom is -0.497 e. The first-order valence-corrected chi connectivity index (χ1v) is 9.75. The Hall–Kier alpha value is -2.64. The molecule has 1 fully saturated rings. The van der Waals surface area contributed by atoms with Crippen molar-refractivity contribution in [1.29, 1.82) is 0 Å². The number of nitrogens with zero attached hydrogens (tertiary/aromatic N) is 3. The van der Waals surface area contributed by atoms with E-state index in [1.54, 1.807) is 24.7 Å². The normalized spacial score (nSPS) is 15.1. The first-order valence-electron chi connectivity index (χ1n) is 8.87. The Bertz CT molecular complexity index is 882. The predicted molar refractivity (Wildman–Crippen MR) is 104 cm³/mol. The van der Waals surface area contributed by atoms with Crippen LogP contribution in [0.15, 0.2) is 52.5 Å². The lowest BCUT2D eigenvalue weighted by atomic mass is 10.1. The van der Waals surface area contributed by atoms with Gasteiger partial charge in [-0.1, -0.05) is 0 Å². The summed E-state index contributed by atoms with van der Waals surface area (Å²) in [5.41, 5.74) is 1.74. The summed E-state index contributed by atoms with van der Waals surface area (Å²) >= 11 is 1.60. The molecule has 1 aliphatic heterocycles. The molecule has 1 saturated heterocycles. The summed E-state index contributed by atoms with van der Waals surface area (Å²) in [7, 11) is 1.62. The van der Waals surface area contributed by atoms with E-state index in [4.69, 9.17) is 9.15 Å². The number of furan rings is 1. The molecule has 0 aliphatic carbocycles. The number of hydrogen-bond donors (Lipinski definition) is 0. The molecule has 0 unspecified atom stereocenters. The van der Waals surface area contributed by atoms with Gasteiger partial charge < -0.3 is 14.1 Å². The molecule has 0 saturated carbocycles. The van der Waals surface area contributed by atoms with Gasteiger partial charge in [0, 0.05) is 43.7 Å². The summed E-state index contributed by atoms with van der Waals surface area (Å²) in [6, 6.07) is 11.1. The minimum absolute atomic E-state index is 0.0751. The quantitative estimate of drug-likeness (QED) is 0.676. The van der Waals surface area contributed by atoms with Gasteiger partial charge in [-0.2, -0.15) is 0 Å². The number of carbonyl (C=O) groups excluding carboxylic acids is 1. The Morgan fingerprint density at radius 3 is 2.63 bits per heavy atom. The van der Waals surface area contributed by atoms with Gasteiger partial charge in [-0.25, -0.2) is 4.98 Å². The molecule has 27 heavy (non-hydrogen) atoms. The van der Waals surface area contributed by atoms with Gasteiger partial charge in [-0.15, -0.1) is 11.3 Å². The van der Waals surface area contributed by atoms with Crippen LogP contribution in [0.4, 0.5) is 0 Å². The topological polar surface area (TPSA) is 58.8 Å². The Morgan fingerprint density at radius 2 is 1.96 bits per heavy atom. The summed E-state index contributed by atoms with van der Waals surface area (Å²) in [4.78, 5) is 21.5. The van der Waals surface area contributed by atoms with E-state index in [2.05, 4.69) is 15.3 Å². The largest absolute Gasteiger partial charge is 0.497 e. The van der Waals surface area contributed by atoms with E-state index in [1.807, 2.05) is 41.3 Å². The van der Waals surface area contributed by atoms with Gasteiger partial charge >= 0.3 is 0 Å². The number of amides is 1. The standard InChI is InChI=1S/C20H21N3O3S/c1-25-17-6-4-15(5-7-17)20(24)23-10-8-22(9-11-23)13-16-14-27-19(21-16)18-3-2-12-26-18/h2-7,12,14H,8-11,13H2,1H3. The highest BCUT2D eigenvalue weighted by Crippen LogP contribution is 2.24. The van der Waals surface area contributed by atoms with Gasteiger partial charge in [0.25, 0.3) is 5.91 Å². The van der Waals surface area contributed by atoms with E-state index in [0.29, 0.717) is 5.56 Å². The molecular formula is C20H21N3O3S. The van der Waals surface area contributed by atoms with Crippen molar-refractivity contribution in [2.24, 2.45) is 0 Å². The minimum atomic E-state index is 0.0751. The van der Waals surface area contributed by atoms with Gasteiger partial charge in [0.15, 0.2) is 10.8 Å². The molecule has 7 heteroatoms. The van der Waals surface area contributed by atoms with Crippen molar-refractivity contribution >= 4 is 17.2 Å². The Labute approximate surface area is 162 Å². The molecule has 6 nitrogen and oxygen atoms in total. The Morgan fingerprint density at radius 1 is 1.19 bits per heavy atom. The zero-order valence-electron chi connectivity index (χ0n) is 15.1. The van der Waals surface area contributed by atoms with Crippen LogP contribution in [0.25, 0.3) is 10.8 Å². The number of piperazine rings is 1. The number of benzene rings is 1. The number of aromatic nitrogens is 1. The average Bonchev–Trinajstić information content (AvgIpc) is 3.40. The van der Waals surface area contributed by atoms with Gasteiger partial charge in [-0.05, 0) is 36.4 Å². The molecule has 140 valence electrons. The number of hydrogen-bond acceptors (Lipinski definition) is 6. The summed E-state index contributed by atoms with van der Waals surface area (Å²) in [6.07, 6.45) is 1.66. The van der Waals surface area contributed by atoms with Crippen LogP contribution in [-0.2, 0) is 6.54 Å². The van der Waals surface area contributed by atoms with Gasteiger partial charge in [0.2, 0.25) is 0 Å². The van der Waals surface area contributed by atoms with Crippen molar-refractivity contribution in [2.45, 2.75) is 6.54 Å². The molecule has 3 aromatic rings. The van der Waals surface area contributed by atoms with Crippen LogP contribution in [-0.4, -0.2) is 54.0 Å². The van der Waals surface area contributed by atoms with Crippen molar-refractivity contribution in [1.82, 2.24) is 14.8 Å². The number of thiazole rings is 1. The summed E-state index contributed by atoms with van der Waals surface area (Å²) in [5.74, 6) is 1.64. The molecule has 3 heterocycles. The highest BCUT2D eigenvalue weighted by atomic mass is 32.1. The second-order valence-electron chi connectivity index (χ2n) is 6.42. The average molecular weight is 383 g/mol. The molecular weight excluding hydrogens is 362 g/mol. The molecule has 2 aromatic heterocycles. The molecule has 1 amide bonds. The number of methoxy groups -OCH3 is 1. The van der Waals surface area contributed by atoms with Crippen molar-refractivity contribution in [3.8, 4) is 16.5 Å². The van der Waals surface area contributed by atoms with Gasteiger partial charge in [0.1, 0.15) is 5.75 Å². The molecule has 1 aliphatic rings. The van der Waals surface area contributed by atoms with Crippen LogP contribution in [0.1, 0.15) is 16.1 Å². The molecule has 0 spiro atoms. The zero-order valence-corrected chi connectivity index (χ0v) is 15.9. The zero-order chi connectivity index (χ0) is 18.6. The second-order valence-corrected chi connectivity index (χ2v) is 7.28. The SMILES string of the molecule is COc1ccc(C(=O)N2CCN(Cc3csc(-c4ccco4)n3)CC2)cc1. The summed E-state index contributed by atoms with van der Waals surface area (Å²) in [6.45, 7) is 3.92. The number of ether oxygens (including phenoxy) is 1. The van der Waals surface area contributed by atoms with E-state index in [1.165, 1.54) is 0 Å². The fourth-order valence-electron chi connectivity index (χ4n) is 3.15. The van der Waals surface area contributed by atoms with Crippen LogP contribution >= 0.6 is 11.3 Å². The monoisotopic (exact) mass is 383 g/mol. The van der Waals surface area contributed by atoms with E-state index >= 15 is 0 Å². The third-order valence-corrected chi connectivity index (χ3v) is 5.57. The maximum atomic E-state index is 12.6. The molecule has 0 radical (unpaired) electrons. The fraction of sp³-hybridized carbons (Fsp3) is 0.300. The first-order chi connectivity index (χ1) is 13.2. The second kappa shape index (κ2) is 7.94. The van der Waals surface area contributed by atoms with E-state index in [0.717, 1.165) is 54.9 Å². The van der Waals surface area contributed by atoms with Crippen molar-refractivity contribution < 1.29 is 13.9 Å². The molecule has 1 aromatic carbocycles. The van der Waals surface area contributed by atoms with Crippen molar-refractivity contribution in [2.75, 3.05) is 33.3 Å². The molecule has 0 bridgehead atoms. The van der Waals surface area contributed by atoms with Crippen LogP contribution < -0.4 is 4.74 Å². The Kier molecular flexibility index (Phi) is 5.22. The van der Waals surface area contributed by atoms with E-state index in [9.17, 15) is 4.79 Å². The van der Waals surface area contributed by atoms with Crippen LogP contribution in [0, 0.1) is 0 Å². The van der Waals surface area contributed by atoms with Crippen LogP contribution in [0.3, 0.4) is 0 Å². The van der Waals surface area contributed by atoms with E-state index < -0.39 is 0 Å². The lowest BCUT2D eigenvalue weighted by Gasteiger charge is -2.34. The first kappa shape index (κ1) is 17.8. The number of carbonyl (C=O) groups is 1. The third kappa shape index (κ3) is 4.04. The maximum absolute atomic E-state index is 12.6. The highest BCUT2D eigenvalue weighted by molar-refractivity contribution is 7.13. The summed E-state index contributed by atoms with van der Waals surface area (Å²) in [5, 5.41) is 2.98. The van der Waals surface area contributed by atoms with Crippen molar-refractivity contribution in [3.63, 3.8) is 0 Å². The van der Waals surface area contributed by atoms with Crippen LogP contribution in [0.2, 0.25) is 0 Å². The lowest BCUT2D eigenvalue weighted by Crippen LogP contribution is -2.48. The van der Waals surface area contributed by atoms with E-state index in [-0.39, 0.29) is 5.91 Å². The maximum Gasteiger partial charge on any atom is 0.253 e. The predicted octanol–water partition coefficient (Wildman–Crippen LogP) is 3.37. The smallest absolute Gasteiger partial charge is 0.253 e. The molecule has 0 N–H and O–H groups in total. The lowest BCUT2D eigenvalue weighted by molar-refractivity contribution is 0.0627. The molecule has 0 atom stereocenters. The molecule has 4 rings (SSSR count). The highest BCUT2D eigenvalue weighted by Gasteiger charge is 2.22. The number of rotatable bonds is 5. The van der Waals surface area contributed by atoms with Crippen LogP contribution in [0.5, 0.6) is 5.75 Å². The third-order valence-electron chi connectivity index (χ3n) is 4.67. The Balaban J connectivity index is 1.31. The summed E-state index contributed by atoms with van der Waals surface area (Å²) < 4.78 is 10.5.